The third kappa shape index (κ3) is 27.8. The van der Waals surface area contributed by atoms with Gasteiger partial charge in [0, 0.05) is 0 Å². The maximum atomic E-state index is 3.66. The summed E-state index contributed by atoms with van der Waals surface area (Å²) in [6.07, 6.45) is 27.1. The molecule has 0 fully saturated rings. The van der Waals surface area contributed by atoms with E-state index in [4.69, 9.17) is 0 Å². The van der Waals surface area contributed by atoms with Gasteiger partial charge in [-0.3, -0.25) is 0 Å². The predicted molar refractivity (Wildman–Crippen MR) is 106 cm³/mol. The summed E-state index contributed by atoms with van der Waals surface area (Å²) in [6.45, 7) is 10.4. The van der Waals surface area contributed by atoms with E-state index in [0.29, 0.717) is 0 Å². The van der Waals surface area contributed by atoms with Gasteiger partial charge in [-0.05, 0) is 38.5 Å². The molecule has 0 aromatic rings. The summed E-state index contributed by atoms with van der Waals surface area (Å²) >= 11 is 0. The Hall–Kier alpha value is -0.520. The van der Waals surface area contributed by atoms with E-state index in [-0.39, 0.29) is 0 Å². The first-order chi connectivity index (χ1) is 10.8. The number of unbranched alkanes of at least 4 members (excludes halogenated alkanes) is 9. The van der Waals surface area contributed by atoms with Crippen molar-refractivity contribution in [3.63, 3.8) is 0 Å². The van der Waals surface area contributed by atoms with E-state index in [0.717, 1.165) is 0 Å². The van der Waals surface area contributed by atoms with Gasteiger partial charge in [-0.25, -0.2) is 0 Å². The highest BCUT2D eigenvalue weighted by Gasteiger charge is 1.87. The normalized spacial score (nSPS) is 12.7. The van der Waals surface area contributed by atoms with Gasteiger partial charge >= 0.3 is 0 Å². The van der Waals surface area contributed by atoms with E-state index in [1.54, 1.807) is 0 Å². The molecule has 0 bridgehead atoms. The first-order valence-corrected chi connectivity index (χ1v) is 10.1. The van der Waals surface area contributed by atoms with Gasteiger partial charge in [0.15, 0.2) is 0 Å². The second-order valence-corrected chi connectivity index (χ2v) is 6.31. The molecular weight excluding hydrogens is 264 g/mol. The Kier molecular flexibility index (Phi) is 27.4. The van der Waals surface area contributed by atoms with Crippen LogP contribution in [0.5, 0.6) is 0 Å². The van der Waals surface area contributed by atoms with Crippen LogP contribution in [-0.4, -0.2) is 0 Å². The van der Waals surface area contributed by atoms with E-state index < -0.39 is 0 Å². The van der Waals surface area contributed by atoms with E-state index >= 15 is 0 Å². The molecule has 1 rings (SSSR count). The SMILES string of the molecule is C1=CCCCC1.C=CCCCCCC.CCCCCCCC. The first kappa shape index (κ1) is 23.7. The van der Waals surface area contributed by atoms with Crippen LogP contribution in [0.3, 0.4) is 0 Å². The van der Waals surface area contributed by atoms with E-state index in [1.807, 2.05) is 6.08 Å². The Morgan fingerprint density at radius 1 is 0.682 bits per heavy atom. The summed E-state index contributed by atoms with van der Waals surface area (Å²) in [5, 5.41) is 0. The summed E-state index contributed by atoms with van der Waals surface area (Å²) in [4.78, 5) is 0. The minimum Gasteiger partial charge on any atom is -0.103 e. The van der Waals surface area contributed by atoms with Crippen molar-refractivity contribution in [3.05, 3.63) is 24.8 Å². The third-order valence-electron chi connectivity index (χ3n) is 3.88. The van der Waals surface area contributed by atoms with Crippen LogP contribution in [0.1, 0.15) is 117 Å². The molecule has 0 unspecified atom stereocenters. The molecule has 132 valence electrons. The molecule has 0 saturated heterocycles. The lowest BCUT2D eigenvalue weighted by Gasteiger charge is -1.97. The second kappa shape index (κ2) is 25.4. The summed E-state index contributed by atoms with van der Waals surface area (Å²) in [5.41, 5.74) is 0. The van der Waals surface area contributed by atoms with Crippen LogP contribution < -0.4 is 0 Å². The van der Waals surface area contributed by atoms with Crippen molar-refractivity contribution in [1.29, 1.82) is 0 Å². The molecule has 1 aliphatic carbocycles. The maximum Gasteiger partial charge on any atom is -0.0351 e. The zero-order valence-electron chi connectivity index (χ0n) is 16.0. The smallest absolute Gasteiger partial charge is 0.0351 e. The van der Waals surface area contributed by atoms with Crippen LogP contribution in [-0.2, 0) is 0 Å². The highest BCUT2D eigenvalue weighted by molar-refractivity contribution is 4.85. The quantitative estimate of drug-likeness (QED) is 0.280. The molecule has 0 aliphatic heterocycles. The molecule has 22 heavy (non-hydrogen) atoms. The fourth-order valence-electron chi connectivity index (χ4n) is 2.33. The van der Waals surface area contributed by atoms with Crippen LogP contribution in [0.25, 0.3) is 0 Å². The molecule has 0 aromatic heterocycles. The molecule has 1 aliphatic rings. The average Bonchev–Trinajstić information content (AvgIpc) is 2.59. The van der Waals surface area contributed by atoms with Crippen LogP contribution in [0, 0.1) is 0 Å². The summed E-state index contributed by atoms with van der Waals surface area (Å²) in [5.74, 6) is 0. The monoisotopic (exact) mass is 308 g/mol. The van der Waals surface area contributed by atoms with Crippen LogP contribution in [0.15, 0.2) is 24.8 Å². The predicted octanol–water partition coefficient (Wildman–Crippen LogP) is 8.63. The number of hydrogen-bond donors (Lipinski definition) is 0. The molecule has 0 N–H and O–H groups in total. The van der Waals surface area contributed by atoms with Gasteiger partial charge in [0.25, 0.3) is 0 Å². The molecule has 0 amide bonds. The number of allylic oxidation sites excluding steroid dienone is 3. The first-order valence-electron chi connectivity index (χ1n) is 10.1. The molecule has 0 heterocycles. The van der Waals surface area contributed by atoms with Gasteiger partial charge in [0.2, 0.25) is 0 Å². The fourth-order valence-corrected chi connectivity index (χ4v) is 2.33. The highest BCUT2D eigenvalue weighted by atomic mass is 13.9. The molecule has 0 saturated carbocycles. The summed E-state index contributed by atoms with van der Waals surface area (Å²) in [7, 11) is 0. The molecule has 0 radical (unpaired) electrons. The van der Waals surface area contributed by atoms with E-state index in [2.05, 4.69) is 39.5 Å². The minimum absolute atomic E-state index is 1.19. The van der Waals surface area contributed by atoms with Gasteiger partial charge in [-0.15, -0.1) is 6.58 Å². The van der Waals surface area contributed by atoms with Gasteiger partial charge in [0.05, 0.1) is 0 Å². The lowest BCUT2D eigenvalue weighted by Crippen LogP contribution is -1.77. The Balaban J connectivity index is 0. The van der Waals surface area contributed by atoms with Gasteiger partial charge in [0.1, 0.15) is 0 Å². The lowest BCUT2D eigenvalue weighted by atomic mass is 10.1. The molecule has 0 atom stereocenters. The van der Waals surface area contributed by atoms with Crippen molar-refractivity contribution >= 4 is 0 Å². The van der Waals surface area contributed by atoms with Crippen molar-refractivity contribution in [2.24, 2.45) is 0 Å². The van der Waals surface area contributed by atoms with Crippen LogP contribution in [0.2, 0.25) is 0 Å². The Morgan fingerprint density at radius 2 is 1.09 bits per heavy atom. The lowest BCUT2D eigenvalue weighted by molar-refractivity contribution is 0.624. The van der Waals surface area contributed by atoms with E-state index in [9.17, 15) is 0 Å². The number of rotatable bonds is 10. The average molecular weight is 309 g/mol. The standard InChI is InChI=1S/C8H18.C8H16.C6H10/c2*1-3-5-7-8-6-4-2;1-2-4-6-5-3-1/h3-8H2,1-2H3;3H,1,4-8H2,2H3;1-2H,3-6H2. The van der Waals surface area contributed by atoms with Gasteiger partial charge < -0.3 is 0 Å². The topological polar surface area (TPSA) is 0 Å². The third-order valence-corrected chi connectivity index (χ3v) is 3.88. The van der Waals surface area contributed by atoms with Crippen molar-refractivity contribution in [2.75, 3.05) is 0 Å². The second-order valence-electron chi connectivity index (χ2n) is 6.31. The van der Waals surface area contributed by atoms with Crippen molar-refractivity contribution in [1.82, 2.24) is 0 Å². The van der Waals surface area contributed by atoms with Crippen molar-refractivity contribution in [3.8, 4) is 0 Å². The zero-order valence-corrected chi connectivity index (χ0v) is 16.0. The molecular formula is C22H44. The maximum absolute atomic E-state index is 3.66. The molecule has 0 aromatic carbocycles. The van der Waals surface area contributed by atoms with Crippen molar-refractivity contribution in [2.45, 2.75) is 117 Å². The minimum atomic E-state index is 1.19. The molecule has 0 heteroatoms. The van der Waals surface area contributed by atoms with Gasteiger partial charge in [-0.2, -0.15) is 0 Å². The molecule has 0 spiro atoms. The van der Waals surface area contributed by atoms with Crippen LogP contribution >= 0.6 is 0 Å². The fraction of sp³-hybridized carbons (Fsp3) is 0.818. The summed E-state index contributed by atoms with van der Waals surface area (Å²) < 4.78 is 0. The Labute approximate surface area is 142 Å². The van der Waals surface area contributed by atoms with Gasteiger partial charge in [-0.1, -0.05) is 96.8 Å². The highest BCUT2D eigenvalue weighted by Crippen LogP contribution is 2.07. The van der Waals surface area contributed by atoms with E-state index in [1.165, 1.54) is 96.3 Å². The molecule has 0 nitrogen and oxygen atoms in total. The summed E-state index contributed by atoms with van der Waals surface area (Å²) in [6, 6.07) is 0. The van der Waals surface area contributed by atoms with Crippen molar-refractivity contribution < 1.29 is 0 Å². The Morgan fingerprint density at radius 3 is 1.36 bits per heavy atom. The largest absolute Gasteiger partial charge is 0.103 e. The zero-order chi connectivity index (χ0) is 16.7. The van der Waals surface area contributed by atoms with Crippen LogP contribution in [0.4, 0.5) is 0 Å². The number of hydrogen-bond acceptors (Lipinski definition) is 0. The Bertz CT molecular complexity index is 188.